The fraction of sp³-hybridized carbons (Fsp3) is 0.143. The maximum Gasteiger partial charge on any atom is 0.340 e. The van der Waals surface area contributed by atoms with Crippen molar-refractivity contribution in [3.8, 4) is 0 Å². The van der Waals surface area contributed by atoms with Gasteiger partial charge in [-0.05, 0) is 24.6 Å². The lowest BCUT2D eigenvalue weighted by Gasteiger charge is -2.09. The Morgan fingerprint density at radius 2 is 1.91 bits per heavy atom. The van der Waals surface area contributed by atoms with Gasteiger partial charge < -0.3 is 10.1 Å². The fourth-order valence-corrected chi connectivity index (χ4v) is 2.02. The molecular weight excluding hydrogens is 365 g/mol. The lowest BCUT2D eigenvalue weighted by Crippen LogP contribution is -2.21. The van der Waals surface area contributed by atoms with Gasteiger partial charge in [0, 0.05) is 12.4 Å². The number of amides is 1. The number of aromatic nitrogens is 2. The van der Waals surface area contributed by atoms with Gasteiger partial charge in [-0.1, -0.05) is 34.8 Å². The van der Waals surface area contributed by atoms with Gasteiger partial charge in [-0.3, -0.25) is 4.79 Å². The van der Waals surface area contributed by atoms with Gasteiger partial charge in [0.15, 0.2) is 12.4 Å². The van der Waals surface area contributed by atoms with Crippen LogP contribution in [0.5, 0.6) is 0 Å². The summed E-state index contributed by atoms with van der Waals surface area (Å²) in [5.41, 5.74) is 0.767. The first kappa shape index (κ1) is 17.5. The number of hydrogen-bond donors (Lipinski definition) is 1. The Morgan fingerprint density at radius 3 is 2.57 bits per heavy atom. The van der Waals surface area contributed by atoms with E-state index in [4.69, 9.17) is 39.5 Å². The molecule has 2 rings (SSSR count). The molecule has 6 nitrogen and oxygen atoms in total. The zero-order valence-corrected chi connectivity index (χ0v) is 14.0. The van der Waals surface area contributed by atoms with Gasteiger partial charge in [0.2, 0.25) is 0 Å². The van der Waals surface area contributed by atoms with E-state index in [0.717, 1.165) is 0 Å². The van der Waals surface area contributed by atoms with Gasteiger partial charge in [0.05, 0.1) is 15.6 Å². The van der Waals surface area contributed by atoms with E-state index in [9.17, 15) is 9.59 Å². The molecule has 0 atom stereocenters. The molecule has 2 heterocycles. The third-order valence-corrected chi connectivity index (χ3v) is 3.82. The Hall–Kier alpha value is -1.89. The molecule has 23 heavy (non-hydrogen) atoms. The lowest BCUT2D eigenvalue weighted by atomic mass is 10.3. The van der Waals surface area contributed by atoms with E-state index in [1.807, 2.05) is 0 Å². The summed E-state index contributed by atoms with van der Waals surface area (Å²) in [6, 6.07) is 2.88. The van der Waals surface area contributed by atoms with Gasteiger partial charge >= 0.3 is 5.97 Å². The van der Waals surface area contributed by atoms with Crippen molar-refractivity contribution in [3.05, 3.63) is 50.9 Å². The van der Waals surface area contributed by atoms with Crippen LogP contribution in [-0.4, -0.2) is 28.5 Å². The maximum absolute atomic E-state index is 11.8. The molecule has 0 spiro atoms. The zero-order valence-electron chi connectivity index (χ0n) is 11.8. The highest BCUT2D eigenvalue weighted by atomic mass is 35.5. The molecule has 0 bridgehead atoms. The second-order valence-corrected chi connectivity index (χ2v) is 5.56. The van der Waals surface area contributed by atoms with E-state index < -0.39 is 18.5 Å². The Balaban J connectivity index is 1.94. The number of nitrogens with one attached hydrogen (secondary N) is 1. The Kier molecular flexibility index (Phi) is 5.76. The minimum atomic E-state index is -0.698. The summed E-state index contributed by atoms with van der Waals surface area (Å²) in [4.78, 5) is 31.2. The van der Waals surface area contributed by atoms with Gasteiger partial charge in [-0.25, -0.2) is 14.8 Å². The first-order chi connectivity index (χ1) is 10.9. The summed E-state index contributed by atoms with van der Waals surface area (Å²) in [7, 11) is 0. The second-order valence-electron chi connectivity index (χ2n) is 4.39. The fourth-order valence-electron chi connectivity index (χ4n) is 1.52. The molecule has 9 heteroatoms. The summed E-state index contributed by atoms with van der Waals surface area (Å²) in [6.07, 6.45) is 2.62. The molecule has 2 aromatic rings. The molecule has 0 fully saturated rings. The van der Waals surface area contributed by atoms with Crippen LogP contribution in [0.3, 0.4) is 0 Å². The third kappa shape index (κ3) is 4.54. The number of rotatable bonds is 4. The number of anilines is 1. The van der Waals surface area contributed by atoms with Crippen LogP contribution in [0, 0.1) is 6.92 Å². The van der Waals surface area contributed by atoms with Gasteiger partial charge in [0.1, 0.15) is 5.15 Å². The molecular formula is C14H10Cl3N3O3. The van der Waals surface area contributed by atoms with Crippen molar-refractivity contribution in [1.82, 2.24) is 9.97 Å². The SMILES string of the molecule is Cc1c(Cl)cnc(NC(=O)COC(=O)c2ccc(Cl)nc2)c1Cl. The normalized spacial score (nSPS) is 10.3. The molecule has 2 aromatic heterocycles. The molecule has 1 amide bonds. The van der Waals surface area contributed by atoms with Crippen molar-refractivity contribution in [3.63, 3.8) is 0 Å². The second kappa shape index (κ2) is 7.59. The van der Waals surface area contributed by atoms with Crippen LogP contribution >= 0.6 is 34.8 Å². The number of pyridine rings is 2. The smallest absolute Gasteiger partial charge is 0.340 e. The summed E-state index contributed by atoms with van der Waals surface area (Å²) >= 11 is 17.5. The topological polar surface area (TPSA) is 81.2 Å². The molecule has 0 saturated heterocycles. The number of nitrogens with zero attached hydrogens (tertiary/aromatic N) is 2. The first-order valence-corrected chi connectivity index (χ1v) is 7.41. The van der Waals surface area contributed by atoms with Crippen LogP contribution in [0.2, 0.25) is 15.2 Å². The van der Waals surface area contributed by atoms with Crippen LogP contribution in [-0.2, 0) is 9.53 Å². The molecule has 120 valence electrons. The highest BCUT2D eigenvalue weighted by Gasteiger charge is 2.14. The van der Waals surface area contributed by atoms with Crippen molar-refractivity contribution in [2.75, 3.05) is 11.9 Å². The summed E-state index contributed by atoms with van der Waals surface area (Å²) in [6.45, 7) is 1.19. The molecule has 1 N–H and O–H groups in total. The number of halogens is 3. The number of ether oxygens (including phenoxy) is 1. The molecule has 0 unspecified atom stereocenters. The van der Waals surface area contributed by atoms with Crippen LogP contribution in [0.1, 0.15) is 15.9 Å². The standard InChI is InChI=1S/C14H10Cl3N3O3/c1-7-9(15)5-19-13(12(7)17)20-11(21)6-23-14(22)8-2-3-10(16)18-4-8/h2-5H,6H2,1H3,(H,19,20,21). The molecule has 0 aromatic carbocycles. The molecule has 0 aliphatic rings. The lowest BCUT2D eigenvalue weighted by molar-refractivity contribution is -0.119. The average molecular weight is 375 g/mol. The number of carbonyl (C=O) groups is 2. The van der Waals surface area contributed by atoms with E-state index in [1.54, 1.807) is 6.92 Å². The Morgan fingerprint density at radius 1 is 1.17 bits per heavy atom. The Bertz CT molecular complexity index is 751. The minimum absolute atomic E-state index is 0.141. The number of carbonyl (C=O) groups excluding carboxylic acids is 2. The zero-order chi connectivity index (χ0) is 17.0. The summed E-state index contributed by atoms with van der Waals surface area (Å²) in [5.74, 6) is -1.14. The van der Waals surface area contributed by atoms with Crippen molar-refractivity contribution in [2.45, 2.75) is 6.92 Å². The number of esters is 1. The van der Waals surface area contributed by atoms with Crippen LogP contribution in [0.15, 0.2) is 24.5 Å². The maximum atomic E-state index is 11.8. The highest BCUT2D eigenvalue weighted by Crippen LogP contribution is 2.28. The van der Waals surface area contributed by atoms with Crippen molar-refractivity contribution >= 4 is 52.5 Å². The molecule has 0 aliphatic carbocycles. The van der Waals surface area contributed by atoms with E-state index in [1.165, 1.54) is 24.5 Å². The van der Waals surface area contributed by atoms with E-state index >= 15 is 0 Å². The summed E-state index contributed by atoms with van der Waals surface area (Å²) in [5, 5.41) is 3.29. The van der Waals surface area contributed by atoms with E-state index in [2.05, 4.69) is 15.3 Å². The third-order valence-electron chi connectivity index (χ3n) is 2.76. The van der Waals surface area contributed by atoms with Gasteiger partial charge in [0.25, 0.3) is 5.91 Å². The van der Waals surface area contributed by atoms with Crippen molar-refractivity contribution < 1.29 is 14.3 Å². The minimum Gasteiger partial charge on any atom is -0.452 e. The van der Waals surface area contributed by atoms with Crippen LogP contribution in [0.25, 0.3) is 0 Å². The van der Waals surface area contributed by atoms with Crippen molar-refractivity contribution in [1.29, 1.82) is 0 Å². The van der Waals surface area contributed by atoms with Crippen molar-refractivity contribution in [2.24, 2.45) is 0 Å². The average Bonchev–Trinajstić information content (AvgIpc) is 2.54. The number of hydrogen-bond acceptors (Lipinski definition) is 5. The molecule has 0 saturated carbocycles. The van der Waals surface area contributed by atoms with Gasteiger partial charge in [-0.15, -0.1) is 0 Å². The predicted octanol–water partition coefficient (Wildman–Crippen LogP) is 3.54. The summed E-state index contributed by atoms with van der Waals surface area (Å²) < 4.78 is 4.86. The monoisotopic (exact) mass is 373 g/mol. The van der Waals surface area contributed by atoms with E-state index in [0.29, 0.717) is 10.6 Å². The van der Waals surface area contributed by atoms with Crippen LogP contribution < -0.4 is 5.32 Å². The van der Waals surface area contributed by atoms with E-state index in [-0.39, 0.29) is 21.6 Å². The first-order valence-electron chi connectivity index (χ1n) is 6.27. The largest absolute Gasteiger partial charge is 0.452 e. The Labute approximate surface area is 146 Å². The molecule has 0 aliphatic heterocycles. The highest BCUT2D eigenvalue weighted by molar-refractivity contribution is 6.37. The van der Waals surface area contributed by atoms with Gasteiger partial charge in [-0.2, -0.15) is 0 Å². The molecule has 0 radical (unpaired) electrons. The predicted molar refractivity (Wildman–Crippen MR) is 87.2 cm³/mol. The quantitative estimate of drug-likeness (QED) is 0.654. The van der Waals surface area contributed by atoms with Crippen LogP contribution in [0.4, 0.5) is 5.82 Å².